The van der Waals surface area contributed by atoms with Gasteiger partial charge in [-0.25, -0.2) is 0 Å². The van der Waals surface area contributed by atoms with Crippen LogP contribution in [0.2, 0.25) is 5.02 Å². The summed E-state index contributed by atoms with van der Waals surface area (Å²) in [5, 5.41) is 3.32. The minimum absolute atomic E-state index is 0.0622. The lowest BCUT2D eigenvalue weighted by Crippen LogP contribution is -2.57. The number of benzene rings is 3. The summed E-state index contributed by atoms with van der Waals surface area (Å²) >= 11 is 20.8. The Hall–Kier alpha value is -2.86. The highest BCUT2D eigenvalue weighted by atomic mass is 35.5. The van der Waals surface area contributed by atoms with E-state index in [1.165, 1.54) is 0 Å². The fourth-order valence-corrected chi connectivity index (χ4v) is 7.37. The molecule has 3 aromatic carbocycles. The van der Waals surface area contributed by atoms with Crippen LogP contribution in [0.4, 0.5) is 5.69 Å². The van der Waals surface area contributed by atoms with Gasteiger partial charge in [-0.1, -0.05) is 66.2 Å². The van der Waals surface area contributed by atoms with Gasteiger partial charge in [0.15, 0.2) is 0 Å². The number of likely N-dealkylation sites (tertiary alicyclic amines) is 1. The highest BCUT2D eigenvalue weighted by Gasteiger charge is 2.72. The zero-order valence-corrected chi connectivity index (χ0v) is 21.5. The van der Waals surface area contributed by atoms with Crippen molar-refractivity contribution in [2.75, 3.05) is 11.9 Å². The van der Waals surface area contributed by atoms with Crippen molar-refractivity contribution in [3.05, 3.63) is 99.6 Å². The summed E-state index contributed by atoms with van der Waals surface area (Å²) in [7, 11) is 0. The summed E-state index contributed by atoms with van der Waals surface area (Å²) in [6.45, 7) is 1.79. The number of hydrogen-bond acceptors (Lipinski definition) is 3. The Kier molecular flexibility index (Phi) is 5.28. The second kappa shape index (κ2) is 8.07. The summed E-state index contributed by atoms with van der Waals surface area (Å²) < 4.78 is 0. The number of nitrogens with zero attached hydrogens (tertiary/aromatic N) is 1. The molecule has 0 saturated carbocycles. The molecule has 1 saturated heterocycles. The molecule has 0 aromatic heterocycles. The molecule has 0 radical (unpaired) electrons. The van der Waals surface area contributed by atoms with Crippen molar-refractivity contribution >= 4 is 58.2 Å². The second-order valence-electron chi connectivity index (χ2n) is 9.56. The number of imide groups is 1. The molecule has 5 nitrogen and oxygen atoms in total. The van der Waals surface area contributed by atoms with Crippen molar-refractivity contribution in [3.63, 3.8) is 0 Å². The van der Waals surface area contributed by atoms with E-state index in [0.29, 0.717) is 10.7 Å². The Morgan fingerprint density at radius 2 is 1.33 bits per heavy atom. The average Bonchev–Trinajstić information content (AvgIpc) is 3.14. The molecule has 2 atom stereocenters. The molecule has 182 valence electrons. The van der Waals surface area contributed by atoms with Crippen molar-refractivity contribution in [2.24, 2.45) is 11.8 Å². The maximum absolute atomic E-state index is 13.8. The van der Waals surface area contributed by atoms with E-state index in [9.17, 15) is 14.4 Å². The summed E-state index contributed by atoms with van der Waals surface area (Å²) in [5.74, 6) is -2.87. The Balaban J connectivity index is 1.34. The zero-order valence-electron chi connectivity index (χ0n) is 19.2. The van der Waals surface area contributed by atoms with E-state index in [2.05, 4.69) is 5.32 Å². The van der Waals surface area contributed by atoms with Crippen LogP contribution in [0.25, 0.3) is 0 Å². The molecule has 8 heteroatoms. The van der Waals surface area contributed by atoms with Gasteiger partial charge in [-0.05, 0) is 46.9 Å². The molecular weight excluding hydrogens is 519 g/mol. The topological polar surface area (TPSA) is 66.5 Å². The standard InChI is InChI=1S/C28H21Cl3N2O3/c1-15-10-11-16(29)14-21(15)32-22(34)12-13-33-25(35)23-24(26(33)36)28(31)18-7-3-2-6-17(18)27(23,30)19-8-4-5-9-20(19)28/h2-11,14,23-24H,12-13H2,1H3,(H,32,34)/t23-,24+,27?,28?. The monoisotopic (exact) mass is 538 g/mol. The van der Waals surface area contributed by atoms with Crippen LogP contribution in [-0.4, -0.2) is 29.2 Å². The predicted octanol–water partition coefficient (Wildman–Crippen LogP) is 5.57. The Bertz CT molecular complexity index is 1350. The maximum Gasteiger partial charge on any atom is 0.235 e. The summed E-state index contributed by atoms with van der Waals surface area (Å²) in [6, 6.07) is 20.2. The van der Waals surface area contributed by atoms with Gasteiger partial charge in [0.1, 0.15) is 9.75 Å². The Morgan fingerprint density at radius 3 is 1.81 bits per heavy atom. The maximum atomic E-state index is 13.8. The third kappa shape index (κ3) is 3.00. The van der Waals surface area contributed by atoms with E-state index >= 15 is 0 Å². The summed E-state index contributed by atoms with van der Waals surface area (Å²) in [4.78, 5) is 39.0. The van der Waals surface area contributed by atoms with E-state index < -0.39 is 33.4 Å². The first-order valence-electron chi connectivity index (χ1n) is 11.7. The van der Waals surface area contributed by atoms with Gasteiger partial charge in [0.25, 0.3) is 0 Å². The largest absolute Gasteiger partial charge is 0.326 e. The van der Waals surface area contributed by atoms with E-state index in [0.717, 1.165) is 32.7 Å². The van der Waals surface area contributed by atoms with Gasteiger partial charge in [0.05, 0.1) is 11.8 Å². The number of alkyl halides is 2. The fourth-order valence-electron chi connectivity index (χ4n) is 6.10. The molecule has 7 rings (SSSR count). The average molecular weight is 540 g/mol. The van der Waals surface area contributed by atoms with Crippen LogP contribution in [0.3, 0.4) is 0 Å². The molecule has 36 heavy (non-hydrogen) atoms. The SMILES string of the molecule is Cc1ccc(Cl)cc1NC(=O)CCN1C(=O)[C@@H]2[C@H](C1=O)C1(Cl)c3ccccc3C2(Cl)c2ccccc21. The zero-order chi connectivity index (χ0) is 25.4. The van der Waals surface area contributed by atoms with Crippen LogP contribution in [-0.2, 0) is 24.1 Å². The normalized spacial score (nSPS) is 27.5. The van der Waals surface area contributed by atoms with Crippen molar-refractivity contribution in [1.29, 1.82) is 0 Å². The highest BCUT2D eigenvalue weighted by molar-refractivity contribution is 6.36. The number of nitrogens with one attached hydrogen (secondary N) is 1. The van der Waals surface area contributed by atoms with E-state index in [-0.39, 0.29) is 18.9 Å². The van der Waals surface area contributed by atoms with Gasteiger partial charge < -0.3 is 5.32 Å². The van der Waals surface area contributed by atoms with Crippen molar-refractivity contribution < 1.29 is 14.4 Å². The second-order valence-corrected chi connectivity index (χ2v) is 11.2. The molecule has 0 spiro atoms. The number of anilines is 1. The van der Waals surface area contributed by atoms with E-state index in [4.69, 9.17) is 34.8 Å². The summed E-state index contributed by atoms with van der Waals surface area (Å²) in [5.41, 5.74) is 4.44. The number of carbonyl (C=O) groups excluding carboxylic acids is 3. The molecule has 1 aliphatic heterocycles. The lowest BCUT2D eigenvalue weighted by atomic mass is 9.54. The number of rotatable bonds is 4. The van der Waals surface area contributed by atoms with Crippen LogP contribution in [0, 0.1) is 18.8 Å². The van der Waals surface area contributed by atoms with Crippen molar-refractivity contribution in [2.45, 2.75) is 23.1 Å². The van der Waals surface area contributed by atoms with Gasteiger partial charge in [-0.2, -0.15) is 0 Å². The van der Waals surface area contributed by atoms with E-state index in [1.807, 2.05) is 55.5 Å². The number of amides is 3. The Morgan fingerprint density at radius 1 is 0.861 bits per heavy atom. The molecule has 3 amide bonds. The number of aryl methyl sites for hydroxylation is 1. The van der Waals surface area contributed by atoms with Crippen LogP contribution >= 0.6 is 34.8 Å². The lowest BCUT2D eigenvalue weighted by molar-refractivity contribution is -0.140. The van der Waals surface area contributed by atoms with Gasteiger partial charge in [-0.15, -0.1) is 23.2 Å². The number of carbonyl (C=O) groups is 3. The van der Waals surface area contributed by atoms with Gasteiger partial charge in [-0.3, -0.25) is 19.3 Å². The third-order valence-electron chi connectivity index (χ3n) is 7.71. The van der Waals surface area contributed by atoms with Crippen molar-refractivity contribution in [1.82, 2.24) is 4.90 Å². The molecule has 3 aliphatic carbocycles. The van der Waals surface area contributed by atoms with Gasteiger partial charge in [0.2, 0.25) is 17.7 Å². The molecule has 2 bridgehead atoms. The van der Waals surface area contributed by atoms with Crippen LogP contribution < -0.4 is 5.32 Å². The first kappa shape index (κ1) is 23.5. The molecule has 3 aromatic rings. The van der Waals surface area contributed by atoms with Crippen molar-refractivity contribution in [3.8, 4) is 0 Å². The predicted molar refractivity (Wildman–Crippen MR) is 139 cm³/mol. The molecule has 1 heterocycles. The number of halogens is 3. The third-order valence-corrected chi connectivity index (χ3v) is 9.23. The minimum Gasteiger partial charge on any atom is -0.326 e. The molecule has 0 unspecified atom stereocenters. The quantitative estimate of drug-likeness (QED) is 0.348. The van der Waals surface area contributed by atoms with Gasteiger partial charge in [0, 0.05) is 23.7 Å². The number of hydrogen-bond donors (Lipinski definition) is 1. The molecule has 1 N–H and O–H groups in total. The highest BCUT2D eigenvalue weighted by Crippen LogP contribution is 2.69. The minimum atomic E-state index is -1.23. The lowest BCUT2D eigenvalue weighted by Gasteiger charge is -2.54. The Labute approximate surface area is 223 Å². The van der Waals surface area contributed by atoms with Gasteiger partial charge >= 0.3 is 0 Å². The first-order chi connectivity index (χ1) is 17.2. The smallest absolute Gasteiger partial charge is 0.235 e. The molecule has 1 fully saturated rings. The first-order valence-corrected chi connectivity index (χ1v) is 12.8. The van der Waals surface area contributed by atoms with Crippen LogP contribution in [0.5, 0.6) is 0 Å². The fraction of sp³-hybridized carbons (Fsp3) is 0.250. The molecular formula is C28H21Cl3N2O3. The van der Waals surface area contributed by atoms with Crippen LogP contribution in [0.15, 0.2) is 66.7 Å². The molecule has 4 aliphatic rings. The van der Waals surface area contributed by atoms with Crippen LogP contribution in [0.1, 0.15) is 34.2 Å². The van der Waals surface area contributed by atoms with E-state index in [1.54, 1.807) is 18.2 Å². The summed E-state index contributed by atoms with van der Waals surface area (Å²) in [6.07, 6.45) is -0.0622.